The molecule has 24 heavy (non-hydrogen) atoms. The molecule has 3 saturated carbocycles. The quantitative estimate of drug-likeness (QED) is 0.723. The number of alkyl halides is 1. The fourth-order valence-electron chi connectivity index (χ4n) is 3.84. The van der Waals surface area contributed by atoms with Crippen LogP contribution in [0.3, 0.4) is 0 Å². The maximum absolute atomic E-state index is 14.3. The van der Waals surface area contributed by atoms with Crippen molar-refractivity contribution in [3.63, 3.8) is 0 Å². The van der Waals surface area contributed by atoms with Gasteiger partial charge in [0.15, 0.2) is 0 Å². The number of carbonyl (C=O) groups excluding carboxylic acids is 3. The largest absolute Gasteiger partial charge is 0.444 e. The van der Waals surface area contributed by atoms with Crippen LogP contribution in [0, 0.1) is 17.3 Å². The van der Waals surface area contributed by atoms with E-state index in [1.54, 1.807) is 27.7 Å². The molecule has 0 radical (unpaired) electrons. The number of amides is 4. The zero-order valence-corrected chi connectivity index (χ0v) is 14.6. The second-order valence-electron chi connectivity index (χ2n) is 8.22. The van der Waals surface area contributed by atoms with Gasteiger partial charge in [-0.15, -0.1) is 0 Å². The third-order valence-corrected chi connectivity index (χ3v) is 4.98. The molecule has 3 rings (SSSR count). The molecule has 4 N–H and O–H groups in total. The van der Waals surface area contributed by atoms with E-state index in [0.29, 0.717) is 12.8 Å². The Hall–Kier alpha value is -1.86. The average molecular weight is 343 g/mol. The molecule has 0 spiro atoms. The first-order valence-electron chi connectivity index (χ1n) is 8.11. The average Bonchev–Trinajstić information content (AvgIpc) is 2.86. The monoisotopic (exact) mass is 343 g/mol. The van der Waals surface area contributed by atoms with Crippen LogP contribution in [0.15, 0.2) is 0 Å². The molecule has 3 aliphatic carbocycles. The summed E-state index contributed by atoms with van der Waals surface area (Å²) in [5, 5.41) is 4.64. The SMILES string of the molecule is CC(C)(C)OC(=O)NCC(C)(C(=O)NC(N)=O)C1CC2(F)CC1C2. The van der Waals surface area contributed by atoms with Crippen molar-refractivity contribution in [3.8, 4) is 0 Å². The van der Waals surface area contributed by atoms with E-state index in [4.69, 9.17) is 10.5 Å². The zero-order valence-electron chi connectivity index (χ0n) is 14.6. The van der Waals surface area contributed by atoms with Crippen LogP contribution in [0.2, 0.25) is 0 Å². The maximum atomic E-state index is 14.3. The number of nitrogens with one attached hydrogen (secondary N) is 2. The molecule has 4 amide bonds. The predicted octanol–water partition coefficient (Wildman–Crippen LogP) is 1.85. The van der Waals surface area contributed by atoms with Crippen molar-refractivity contribution in [2.24, 2.45) is 23.0 Å². The van der Waals surface area contributed by atoms with Gasteiger partial charge in [-0.25, -0.2) is 14.0 Å². The third-order valence-electron chi connectivity index (χ3n) is 4.98. The van der Waals surface area contributed by atoms with Crippen molar-refractivity contribution >= 4 is 18.0 Å². The van der Waals surface area contributed by atoms with E-state index in [9.17, 15) is 18.8 Å². The number of imide groups is 1. The fraction of sp³-hybridized carbons (Fsp3) is 0.812. The minimum Gasteiger partial charge on any atom is -0.444 e. The minimum absolute atomic E-state index is 0.0573. The molecule has 0 aromatic carbocycles. The van der Waals surface area contributed by atoms with E-state index in [0.717, 1.165) is 0 Å². The van der Waals surface area contributed by atoms with Gasteiger partial charge >= 0.3 is 12.1 Å². The molecule has 0 aromatic rings. The number of hydrogen-bond acceptors (Lipinski definition) is 4. The number of carbonyl (C=O) groups is 3. The first kappa shape index (κ1) is 18.5. The van der Waals surface area contributed by atoms with Crippen LogP contribution in [0.1, 0.15) is 47.0 Å². The molecule has 2 atom stereocenters. The number of nitrogens with two attached hydrogens (primary N) is 1. The second-order valence-corrected chi connectivity index (χ2v) is 8.22. The molecule has 3 aliphatic rings. The number of hydrogen-bond donors (Lipinski definition) is 3. The van der Waals surface area contributed by atoms with Crippen molar-refractivity contribution < 1.29 is 23.5 Å². The number of primary amides is 1. The van der Waals surface area contributed by atoms with E-state index < -0.39 is 34.7 Å². The highest BCUT2D eigenvalue weighted by Crippen LogP contribution is 2.62. The Bertz CT molecular complexity index is 554. The summed E-state index contributed by atoms with van der Waals surface area (Å²) >= 11 is 0. The Balaban J connectivity index is 2.10. The summed E-state index contributed by atoms with van der Waals surface area (Å²) in [5.41, 5.74) is 2.00. The van der Waals surface area contributed by atoms with Gasteiger partial charge in [-0.3, -0.25) is 10.1 Å². The Kier molecular flexibility index (Phi) is 4.54. The molecule has 0 aromatic heterocycles. The highest BCUT2D eigenvalue weighted by molar-refractivity contribution is 5.97. The Morgan fingerprint density at radius 1 is 1.21 bits per heavy atom. The number of rotatable bonds is 4. The van der Waals surface area contributed by atoms with Crippen LogP contribution in [0.4, 0.5) is 14.0 Å². The van der Waals surface area contributed by atoms with Crippen molar-refractivity contribution in [1.82, 2.24) is 10.6 Å². The third kappa shape index (κ3) is 3.79. The highest BCUT2D eigenvalue weighted by Gasteiger charge is 2.63. The summed E-state index contributed by atoms with van der Waals surface area (Å²) in [5.74, 6) is -0.803. The molecule has 0 heterocycles. The van der Waals surface area contributed by atoms with E-state index >= 15 is 0 Å². The van der Waals surface area contributed by atoms with Crippen molar-refractivity contribution in [2.45, 2.75) is 58.2 Å². The van der Waals surface area contributed by atoms with E-state index in [-0.39, 0.29) is 24.8 Å². The standard InChI is InChI=1S/C16H26FN3O4/c1-14(2,3)24-13(23)19-8-15(4,11(21)20-12(18)22)10-7-16(17)5-9(10)6-16/h9-10H,5-8H2,1-4H3,(H,19,23)(H3,18,20,21,22). The fourth-order valence-corrected chi connectivity index (χ4v) is 3.84. The number of halogens is 1. The first-order chi connectivity index (χ1) is 10.8. The molecule has 2 unspecified atom stereocenters. The highest BCUT2D eigenvalue weighted by atomic mass is 19.1. The predicted molar refractivity (Wildman–Crippen MR) is 84.7 cm³/mol. The number of alkyl carbamates (subject to hydrolysis) is 1. The van der Waals surface area contributed by atoms with Crippen LogP contribution >= 0.6 is 0 Å². The molecule has 7 nitrogen and oxygen atoms in total. The van der Waals surface area contributed by atoms with Crippen molar-refractivity contribution in [1.29, 1.82) is 0 Å². The van der Waals surface area contributed by atoms with Crippen LogP contribution in [-0.2, 0) is 9.53 Å². The first-order valence-corrected chi connectivity index (χ1v) is 8.11. The Morgan fingerprint density at radius 3 is 2.21 bits per heavy atom. The lowest BCUT2D eigenvalue weighted by atomic mass is 9.70. The molecule has 136 valence electrons. The van der Waals surface area contributed by atoms with E-state index in [1.165, 1.54) is 0 Å². The van der Waals surface area contributed by atoms with Crippen LogP contribution in [-0.4, -0.2) is 35.8 Å². The summed E-state index contributed by atoms with van der Waals surface area (Å²) in [6.45, 7) is 6.74. The lowest BCUT2D eigenvalue weighted by Gasteiger charge is -2.37. The van der Waals surface area contributed by atoms with Gasteiger partial charge in [0.25, 0.3) is 0 Å². The summed E-state index contributed by atoms with van der Waals surface area (Å²) in [7, 11) is 0. The van der Waals surface area contributed by atoms with Crippen LogP contribution < -0.4 is 16.4 Å². The Labute approximate surface area is 140 Å². The maximum Gasteiger partial charge on any atom is 0.407 e. The summed E-state index contributed by atoms with van der Waals surface area (Å²) in [6.07, 6.45) is 0.421. The molecule has 0 saturated heterocycles. The minimum atomic E-state index is -1.23. The number of urea groups is 1. The number of fused-ring (bicyclic) bond motifs is 1. The summed E-state index contributed by atoms with van der Waals surface area (Å²) < 4.78 is 19.4. The summed E-state index contributed by atoms with van der Waals surface area (Å²) in [6, 6.07) is -0.969. The van der Waals surface area contributed by atoms with Gasteiger partial charge in [-0.1, -0.05) is 0 Å². The van der Waals surface area contributed by atoms with Crippen LogP contribution in [0.5, 0.6) is 0 Å². The zero-order chi connectivity index (χ0) is 18.3. The van der Waals surface area contributed by atoms with Gasteiger partial charge in [0.1, 0.15) is 11.3 Å². The summed E-state index contributed by atoms with van der Waals surface area (Å²) in [4.78, 5) is 35.4. The molecular weight excluding hydrogens is 317 g/mol. The second kappa shape index (κ2) is 5.89. The topological polar surface area (TPSA) is 111 Å². The van der Waals surface area contributed by atoms with E-state index in [1.807, 2.05) is 0 Å². The smallest absolute Gasteiger partial charge is 0.407 e. The van der Waals surface area contributed by atoms with Crippen molar-refractivity contribution in [3.05, 3.63) is 0 Å². The molecule has 8 heteroatoms. The lowest BCUT2D eigenvalue weighted by Crippen LogP contribution is -2.54. The van der Waals surface area contributed by atoms with Gasteiger partial charge < -0.3 is 15.8 Å². The van der Waals surface area contributed by atoms with E-state index in [2.05, 4.69) is 10.6 Å². The van der Waals surface area contributed by atoms with Gasteiger partial charge in [-0.2, -0.15) is 0 Å². The molecule has 0 aliphatic heterocycles. The molecule has 2 bridgehead atoms. The van der Waals surface area contributed by atoms with Crippen molar-refractivity contribution in [2.75, 3.05) is 6.54 Å². The van der Waals surface area contributed by atoms with Crippen LogP contribution in [0.25, 0.3) is 0 Å². The Morgan fingerprint density at radius 2 is 1.79 bits per heavy atom. The van der Waals surface area contributed by atoms with Gasteiger partial charge in [0, 0.05) is 6.54 Å². The number of ether oxygens (including phenoxy) is 1. The molecule has 3 fully saturated rings. The normalized spacial score (nSPS) is 30.7. The van der Waals surface area contributed by atoms with Gasteiger partial charge in [0.05, 0.1) is 5.41 Å². The lowest BCUT2D eigenvalue weighted by molar-refractivity contribution is -0.132. The van der Waals surface area contributed by atoms with Gasteiger partial charge in [0.2, 0.25) is 5.91 Å². The molecular formula is C16H26FN3O4. The van der Waals surface area contributed by atoms with Gasteiger partial charge in [-0.05, 0) is 58.8 Å².